The predicted octanol–water partition coefficient (Wildman–Crippen LogP) is 4.38. The number of nitrogens with zero attached hydrogens (tertiary/aromatic N) is 2. The Labute approximate surface area is 165 Å². The second-order valence-electron chi connectivity index (χ2n) is 6.99. The fourth-order valence-corrected chi connectivity index (χ4v) is 3.40. The molecule has 0 saturated heterocycles. The topological polar surface area (TPSA) is 60.7 Å². The molecule has 2 aromatic heterocycles. The van der Waals surface area contributed by atoms with Crippen LogP contribution in [0, 0.1) is 6.92 Å². The molecule has 28 heavy (non-hydrogen) atoms. The highest BCUT2D eigenvalue weighted by Gasteiger charge is 2.18. The molecule has 3 aromatic rings. The number of carbonyl (C=O) groups excluding carboxylic acids is 2. The monoisotopic (exact) mass is 378 g/mol. The Balaban J connectivity index is 1.75. The van der Waals surface area contributed by atoms with Gasteiger partial charge >= 0.3 is 0 Å². The van der Waals surface area contributed by atoms with Crippen LogP contribution in [-0.2, 0) is 17.6 Å². The molecule has 0 N–H and O–H groups in total. The molecule has 1 aromatic carbocycles. The third-order valence-electron chi connectivity index (χ3n) is 4.75. The summed E-state index contributed by atoms with van der Waals surface area (Å²) < 4.78 is 7.46. The van der Waals surface area contributed by atoms with Gasteiger partial charge in [-0.05, 0) is 56.9 Å². The Morgan fingerprint density at radius 3 is 2.46 bits per heavy atom. The van der Waals surface area contributed by atoms with Gasteiger partial charge in [0.15, 0.2) is 17.2 Å². The second kappa shape index (κ2) is 8.83. The first-order valence-electron chi connectivity index (χ1n) is 9.70. The molecule has 0 aliphatic carbocycles. The van der Waals surface area contributed by atoms with Crippen LogP contribution in [0.25, 0.3) is 5.65 Å². The maximum atomic E-state index is 12.9. The summed E-state index contributed by atoms with van der Waals surface area (Å²) in [7, 11) is 0. The Morgan fingerprint density at radius 2 is 1.79 bits per heavy atom. The van der Waals surface area contributed by atoms with Gasteiger partial charge in [-0.2, -0.15) is 0 Å². The summed E-state index contributed by atoms with van der Waals surface area (Å²) in [5.41, 5.74) is 4.25. The van der Waals surface area contributed by atoms with E-state index in [4.69, 9.17) is 4.74 Å². The van der Waals surface area contributed by atoms with Crippen molar-refractivity contribution in [2.75, 3.05) is 6.61 Å². The molecule has 0 spiro atoms. The van der Waals surface area contributed by atoms with E-state index in [1.54, 1.807) is 6.92 Å². The number of hydrogen-bond acceptors (Lipinski definition) is 4. The van der Waals surface area contributed by atoms with Crippen molar-refractivity contribution in [3.05, 3.63) is 65.1 Å². The van der Waals surface area contributed by atoms with Crippen LogP contribution in [0.3, 0.4) is 0 Å². The minimum absolute atomic E-state index is 0.0628. The summed E-state index contributed by atoms with van der Waals surface area (Å²) >= 11 is 0. The Bertz CT molecular complexity index is 1000. The minimum Gasteiger partial charge on any atom is -0.490 e. The number of aromatic nitrogens is 2. The number of ether oxygens (including phenoxy) is 1. The van der Waals surface area contributed by atoms with Gasteiger partial charge in [-0.25, -0.2) is 4.98 Å². The first-order chi connectivity index (χ1) is 13.5. The Morgan fingerprint density at radius 1 is 1.07 bits per heavy atom. The molecule has 3 rings (SSSR count). The Hall–Kier alpha value is -2.95. The van der Waals surface area contributed by atoms with Crippen LogP contribution in [-0.4, -0.2) is 27.6 Å². The number of hydrogen-bond donors (Lipinski definition) is 0. The number of carbonyl (C=O) groups is 2. The van der Waals surface area contributed by atoms with Gasteiger partial charge in [0.1, 0.15) is 11.5 Å². The first-order valence-corrected chi connectivity index (χ1v) is 9.70. The summed E-state index contributed by atoms with van der Waals surface area (Å²) in [5.74, 6) is 0.938. The largest absolute Gasteiger partial charge is 0.490 e. The minimum atomic E-state index is 0.0628. The third-order valence-corrected chi connectivity index (χ3v) is 4.75. The summed E-state index contributed by atoms with van der Waals surface area (Å²) in [6, 6.07) is 11.9. The lowest BCUT2D eigenvalue weighted by Crippen LogP contribution is -2.07. The van der Waals surface area contributed by atoms with E-state index in [2.05, 4.69) is 11.1 Å². The van der Waals surface area contributed by atoms with Gasteiger partial charge in [-0.3, -0.25) is 9.20 Å². The zero-order chi connectivity index (χ0) is 20.1. The number of aryl methyl sites for hydroxylation is 3. The summed E-state index contributed by atoms with van der Waals surface area (Å²) in [4.78, 5) is 28.7. The smallest absolute Gasteiger partial charge is 0.181 e. The fraction of sp³-hybridized carbons (Fsp3) is 0.348. The molecule has 2 heterocycles. The van der Waals surface area contributed by atoms with Crippen molar-refractivity contribution >= 4 is 17.2 Å². The van der Waals surface area contributed by atoms with Crippen LogP contribution >= 0.6 is 0 Å². The molecule has 0 fully saturated rings. The normalized spacial score (nSPS) is 11.0. The number of pyridine rings is 1. The summed E-state index contributed by atoms with van der Waals surface area (Å²) in [6.07, 6.45) is 4.21. The molecule has 0 bridgehead atoms. The van der Waals surface area contributed by atoms with E-state index in [1.165, 1.54) is 0 Å². The fourth-order valence-electron chi connectivity index (χ4n) is 3.40. The number of benzene rings is 1. The first kappa shape index (κ1) is 19.8. The van der Waals surface area contributed by atoms with Gasteiger partial charge in [0, 0.05) is 19.0 Å². The number of rotatable bonds is 9. The van der Waals surface area contributed by atoms with E-state index < -0.39 is 0 Å². The highest BCUT2D eigenvalue weighted by molar-refractivity contribution is 5.96. The molecule has 146 valence electrons. The van der Waals surface area contributed by atoms with Gasteiger partial charge < -0.3 is 9.53 Å². The van der Waals surface area contributed by atoms with E-state index in [1.807, 2.05) is 54.8 Å². The molecule has 5 heteroatoms. The number of imidazole rings is 1. The number of fused-ring (bicyclic) bond motifs is 1. The van der Waals surface area contributed by atoms with Crippen LogP contribution < -0.4 is 4.74 Å². The SMILES string of the molecule is CCOc1cccn2c(C(=O)CCc3cccc(CCC(C)=O)c3)c(C)nc12. The summed E-state index contributed by atoms with van der Waals surface area (Å²) in [5, 5.41) is 0. The van der Waals surface area contributed by atoms with Gasteiger partial charge in [0.25, 0.3) is 0 Å². The van der Waals surface area contributed by atoms with Crippen molar-refractivity contribution in [3.63, 3.8) is 0 Å². The molecule has 0 radical (unpaired) electrons. The maximum Gasteiger partial charge on any atom is 0.181 e. The number of Topliss-reactive ketones (excluding diaryl/α,β-unsaturated/α-hetero) is 2. The Kier molecular flexibility index (Phi) is 6.24. The van der Waals surface area contributed by atoms with E-state index >= 15 is 0 Å². The number of ketones is 2. The maximum absolute atomic E-state index is 12.9. The van der Waals surface area contributed by atoms with Crippen molar-refractivity contribution in [3.8, 4) is 5.75 Å². The van der Waals surface area contributed by atoms with E-state index in [-0.39, 0.29) is 11.6 Å². The molecule has 0 aliphatic heterocycles. The molecule has 0 atom stereocenters. The highest BCUT2D eigenvalue weighted by Crippen LogP contribution is 2.23. The van der Waals surface area contributed by atoms with E-state index in [9.17, 15) is 9.59 Å². The van der Waals surface area contributed by atoms with Gasteiger partial charge in [0.05, 0.1) is 12.3 Å². The highest BCUT2D eigenvalue weighted by atomic mass is 16.5. The van der Waals surface area contributed by atoms with Crippen LogP contribution in [0.2, 0.25) is 0 Å². The quantitative estimate of drug-likeness (QED) is 0.519. The lowest BCUT2D eigenvalue weighted by Gasteiger charge is -2.07. The predicted molar refractivity (Wildman–Crippen MR) is 109 cm³/mol. The standard InChI is InChI=1S/C23H26N2O3/c1-4-28-21-9-6-14-25-22(17(3)24-23(21)25)20(27)13-12-19-8-5-7-18(15-19)11-10-16(2)26/h5-9,14-15H,4,10-13H2,1-3H3. The second-order valence-corrected chi connectivity index (χ2v) is 6.99. The summed E-state index contributed by atoms with van der Waals surface area (Å²) in [6.45, 7) is 5.95. The molecule has 5 nitrogen and oxygen atoms in total. The van der Waals surface area contributed by atoms with Crippen molar-refractivity contribution < 1.29 is 14.3 Å². The van der Waals surface area contributed by atoms with Gasteiger partial charge in [-0.15, -0.1) is 0 Å². The van der Waals surface area contributed by atoms with Gasteiger partial charge in [-0.1, -0.05) is 24.3 Å². The molecule has 0 saturated carbocycles. The lowest BCUT2D eigenvalue weighted by atomic mass is 10.0. The van der Waals surface area contributed by atoms with Crippen LogP contribution in [0.5, 0.6) is 5.75 Å². The van der Waals surface area contributed by atoms with Gasteiger partial charge in [0.2, 0.25) is 0 Å². The van der Waals surface area contributed by atoms with Crippen LogP contribution in [0.15, 0.2) is 42.6 Å². The lowest BCUT2D eigenvalue weighted by molar-refractivity contribution is -0.116. The van der Waals surface area contributed by atoms with Crippen molar-refractivity contribution in [2.24, 2.45) is 0 Å². The van der Waals surface area contributed by atoms with Crippen molar-refractivity contribution in [2.45, 2.75) is 46.5 Å². The van der Waals surface area contributed by atoms with Crippen molar-refractivity contribution in [1.29, 1.82) is 0 Å². The zero-order valence-electron chi connectivity index (χ0n) is 16.7. The van der Waals surface area contributed by atoms with Crippen LogP contribution in [0.4, 0.5) is 0 Å². The average molecular weight is 378 g/mol. The molecule has 0 amide bonds. The third kappa shape index (κ3) is 4.47. The molecule has 0 unspecified atom stereocenters. The van der Waals surface area contributed by atoms with E-state index in [0.29, 0.717) is 48.7 Å². The zero-order valence-corrected chi connectivity index (χ0v) is 16.7. The molecular weight excluding hydrogens is 352 g/mol. The molecule has 0 aliphatic rings. The average Bonchev–Trinajstić information content (AvgIpc) is 3.02. The van der Waals surface area contributed by atoms with E-state index in [0.717, 1.165) is 17.5 Å². The van der Waals surface area contributed by atoms with Crippen molar-refractivity contribution in [1.82, 2.24) is 9.38 Å². The molecular formula is C23H26N2O3. The van der Waals surface area contributed by atoms with Crippen LogP contribution in [0.1, 0.15) is 54.0 Å².